The van der Waals surface area contributed by atoms with Gasteiger partial charge >= 0.3 is 0 Å². The number of hydrogen-bond donors (Lipinski definition) is 4. The van der Waals surface area contributed by atoms with Crippen molar-refractivity contribution in [3.8, 4) is 28.4 Å². The van der Waals surface area contributed by atoms with Gasteiger partial charge in [0.25, 0.3) is 0 Å². The summed E-state index contributed by atoms with van der Waals surface area (Å²) in [4.78, 5) is 0. The molecule has 0 aliphatic heterocycles. The second-order valence-corrected chi connectivity index (χ2v) is 3.48. The number of rotatable bonds is 1. The minimum absolute atomic E-state index is 0.0201. The van der Waals surface area contributed by atoms with Crippen molar-refractivity contribution in [2.75, 3.05) is 5.73 Å². The van der Waals surface area contributed by atoms with Crippen molar-refractivity contribution in [1.82, 2.24) is 0 Å². The number of benzene rings is 2. The van der Waals surface area contributed by atoms with E-state index < -0.39 is 0 Å². The van der Waals surface area contributed by atoms with Crippen molar-refractivity contribution in [2.24, 2.45) is 0 Å². The van der Waals surface area contributed by atoms with Crippen LogP contribution in [0.3, 0.4) is 0 Å². The second kappa shape index (κ2) is 3.66. The maximum Gasteiger partial charge on any atom is 0.158 e. The Morgan fingerprint density at radius 2 is 1.25 bits per heavy atom. The maximum absolute atomic E-state index is 9.35. The fraction of sp³-hybridized carbons (Fsp3) is 0. The third-order valence-corrected chi connectivity index (χ3v) is 2.34. The number of anilines is 1. The largest absolute Gasteiger partial charge is 0.506 e. The fourth-order valence-electron chi connectivity index (χ4n) is 1.44. The Morgan fingerprint density at radius 1 is 0.688 bits per heavy atom. The summed E-state index contributed by atoms with van der Waals surface area (Å²) in [5.41, 5.74) is 7.30. The van der Waals surface area contributed by atoms with Crippen molar-refractivity contribution in [3.05, 3.63) is 36.4 Å². The van der Waals surface area contributed by atoms with Crippen LogP contribution < -0.4 is 5.73 Å². The second-order valence-electron chi connectivity index (χ2n) is 3.48. The number of hydrogen-bond acceptors (Lipinski definition) is 4. The van der Waals surface area contributed by atoms with Gasteiger partial charge in [0.2, 0.25) is 0 Å². The van der Waals surface area contributed by atoms with Gasteiger partial charge in [0.05, 0.1) is 5.69 Å². The summed E-state index contributed by atoms with van der Waals surface area (Å²) in [6, 6.07) is 9.24. The molecule has 0 unspecified atom stereocenters. The number of nitrogen functional groups attached to an aromatic ring is 1. The summed E-state index contributed by atoms with van der Waals surface area (Å²) in [5, 5.41) is 27.8. The minimum Gasteiger partial charge on any atom is -0.506 e. The van der Waals surface area contributed by atoms with Crippen LogP contribution in [0.15, 0.2) is 36.4 Å². The van der Waals surface area contributed by atoms with Gasteiger partial charge in [-0.05, 0) is 35.4 Å². The van der Waals surface area contributed by atoms with E-state index in [0.29, 0.717) is 5.56 Å². The Hall–Kier alpha value is -2.36. The quantitative estimate of drug-likeness (QED) is 0.435. The van der Waals surface area contributed by atoms with Crippen LogP contribution in [0.2, 0.25) is 0 Å². The third kappa shape index (κ3) is 1.72. The van der Waals surface area contributed by atoms with Gasteiger partial charge in [0, 0.05) is 0 Å². The van der Waals surface area contributed by atoms with Gasteiger partial charge in [0.15, 0.2) is 11.5 Å². The molecule has 0 saturated carbocycles. The van der Waals surface area contributed by atoms with E-state index in [2.05, 4.69) is 0 Å². The molecule has 0 radical (unpaired) electrons. The highest BCUT2D eigenvalue weighted by Crippen LogP contribution is 2.32. The Labute approximate surface area is 92.2 Å². The maximum atomic E-state index is 9.35. The van der Waals surface area contributed by atoms with Crippen molar-refractivity contribution in [2.45, 2.75) is 0 Å². The van der Waals surface area contributed by atoms with Crippen molar-refractivity contribution in [3.63, 3.8) is 0 Å². The minimum atomic E-state index is -0.191. The highest BCUT2D eigenvalue weighted by molar-refractivity contribution is 5.72. The molecule has 0 bridgehead atoms. The molecule has 4 heteroatoms. The van der Waals surface area contributed by atoms with Crippen molar-refractivity contribution >= 4 is 5.69 Å². The Bertz CT molecular complexity index is 488. The average molecular weight is 217 g/mol. The first kappa shape index (κ1) is 10.2. The van der Waals surface area contributed by atoms with Gasteiger partial charge in [0.1, 0.15) is 5.75 Å². The molecule has 2 rings (SSSR count). The summed E-state index contributed by atoms with van der Waals surface area (Å²) in [6.07, 6.45) is 0. The summed E-state index contributed by atoms with van der Waals surface area (Å²) in [7, 11) is 0. The van der Waals surface area contributed by atoms with Crippen LogP contribution in [0.25, 0.3) is 11.1 Å². The summed E-state index contributed by atoms with van der Waals surface area (Å²) in [6.45, 7) is 0. The third-order valence-electron chi connectivity index (χ3n) is 2.34. The number of nitrogens with two attached hydrogens (primary N) is 1. The van der Waals surface area contributed by atoms with Gasteiger partial charge in [-0.25, -0.2) is 0 Å². The Morgan fingerprint density at radius 3 is 1.81 bits per heavy atom. The molecule has 0 fully saturated rings. The normalized spacial score (nSPS) is 10.2. The molecule has 0 atom stereocenters. The van der Waals surface area contributed by atoms with Crippen molar-refractivity contribution < 1.29 is 15.3 Å². The van der Waals surface area contributed by atoms with Crippen molar-refractivity contribution in [1.29, 1.82) is 0 Å². The van der Waals surface area contributed by atoms with E-state index in [9.17, 15) is 15.3 Å². The van der Waals surface area contributed by atoms with Crippen LogP contribution in [-0.4, -0.2) is 15.3 Å². The fourth-order valence-corrected chi connectivity index (χ4v) is 1.44. The monoisotopic (exact) mass is 217 g/mol. The van der Waals surface area contributed by atoms with E-state index in [-0.39, 0.29) is 22.9 Å². The topological polar surface area (TPSA) is 86.7 Å². The zero-order chi connectivity index (χ0) is 11.7. The number of aromatic hydroxyl groups is 3. The van der Waals surface area contributed by atoms with Gasteiger partial charge in [-0.3, -0.25) is 0 Å². The molecule has 2 aromatic carbocycles. The van der Waals surface area contributed by atoms with Crippen LogP contribution in [0, 0.1) is 0 Å². The molecular formula is C12H11NO3. The summed E-state index contributed by atoms with van der Waals surface area (Å²) < 4.78 is 0. The molecule has 0 aliphatic rings. The van der Waals surface area contributed by atoms with Crippen LogP contribution in [0.5, 0.6) is 17.2 Å². The van der Waals surface area contributed by atoms with E-state index in [0.717, 1.165) is 5.56 Å². The first-order valence-electron chi connectivity index (χ1n) is 4.69. The average Bonchev–Trinajstić information content (AvgIpc) is 2.26. The summed E-state index contributed by atoms with van der Waals surface area (Å²) >= 11 is 0. The molecule has 0 heterocycles. The summed E-state index contributed by atoms with van der Waals surface area (Å²) in [5.74, 6) is -0.341. The Kier molecular flexibility index (Phi) is 2.32. The van der Waals surface area contributed by atoms with Gasteiger partial charge < -0.3 is 21.1 Å². The predicted molar refractivity (Wildman–Crippen MR) is 61.3 cm³/mol. The van der Waals surface area contributed by atoms with E-state index in [1.54, 1.807) is 18.2 Å². The highest BCUT2D eigenvalue weighted by Gasteiger charge is 2.04. The van der Waals surface area contributed by atoms with Gasteiger partial charge in [-0.1, -0.05) is 12.1 Å². The van der Waals surface area contributed by atoms with E-state index in [1.807, 2.05) is 0 Å². The molecule has 0 aromatic heterocycles. The molecule has 0 amide bonds. The van der Waals surface area contributed by atoms with Gasteiger partial charge in [-0.15, -0.1) is 0 Å². The van der Waals surface area contributed by atoms with E-state index in [4.69, 9.17) is 5.73 Å². The molecule has 0 saturated heterocycles. The lowest BCUT2D eigenvalue weighted by molar-refractivity contribution is 0.404. The zero-order valence-corrected chi connectivity index (χ0v) is 8.38. The molecule has 5 N–H and O–H groups in total. The number of phenolic OH excluding ortho intramolecular Hbond substituents is 3. The number of phenols is 3. The smallest absolute Gasteiger partial charge is 0.158 e. The lowest BCUT2D eigenvalue weighted by Gasteiger charge is -2.05. The predicted octanol–water partition coefficient (Wildman–Crippen LogP) is 2.05. The SMILES string of the molecule is Nc1cc(-c2ccc(O)c(O)c2)ccc1O. The molecular weight excluding hydrogens is 206 g/mol. The molecule has 2 aromatic rings. The molecule has 82 valence electrons. The molecule has 4 nitrogen and oxygen atoms in total. The van der Waals surface area contributed by atoms with E-state index >= 15 is 0 Å². The molecule has 0 aliphatic carbocycles. The van der Waals surface area contributed by atoms with Crippen LogP contribution in [-0.2, 0) is 0 Å². The highest BCUT2D eigenvalue weighted by atomic mass is 16.3. The van der Waals surface area contributed by atoms with Crippen LogP contribution >= 0.6 is 0 Å². The Balaban J connectivity index is 2.50. The molecule has 0 spiro atoms. The van der Waals surface area contributed by atoms with Crippen LogP contribution in [0.1, 0.15) is 0 Å². The first-order valence-corrected chi connectivity index (χ1v) is 4.69. The van der Waals surface area contributed by atoms with Gasteiger partial charge in [-0.2, -0.15) is 0 Å². The first-order chi connectivity index (χ1) is 7.58. The zero-order valence-electron chi connectivity index (χ0n) is 8.38. The lowest BCUT2D eigenvalue weighted by Crippen LogP contribution is -1.86. The molecule has 16 heavy (non-hydrogen) atoms. The lowest BCUT2D eigenvalue weighted by atomic mass is 10.0. The van der Waals surface area contributed by atoms with E-state index in [1.165, 1.54) is 18.2 Å². The van der Waals surface area contributed by atoms with Crippen LogP contribution in [0.4, 0.5) is 5.69 Å². The standard InChI is InChI=1S/C12H11NO3/c13-9-5-7(1-3-10(9)14)8-2-4-11(15)12(16)6-8/h1-6,14-16H,13H2.